The van der Waals surface area contributed by atoms with E-state index in [1.807, 2.05) is 0 Å². The highest BCUT2D eigenvalue weighted by atomic mass is 15.3. The van der Waals surface area contributed by atoms with Gasteiger partial charge in [-0.15, -0.1) is 0 Å². The average Bonchev–Trinajstić information content (AvgIpc) is 2.67. The van der Waals surface area contributed by atoms with Crippen LogP contribution in [0.2, 0.25) is 0 Å². The highest BCUT2D eigenvalue weighted by Crippen LogP contribution is 2.28. The van der Waals surface area contributed by atoms with Crippen LogP contribution in [0.15, 0.2) is 0 Å². The number of rotatable bonds is 2. The summed E-state index contributed by atoms with van der Waals surface area (Å²) in [6.07, 6.45) is 4.08. The molecule has 1 aliphatic carbocycles. The van der Waals surface area contributed by atoms with Crippen LogP contribution < -0.4 is 5.73 Å². The number of piperazine rings is 1. The Morgan fingerprint density at radius 2 is 1.86 bits per heavy atom. The summed E-state index contributed by atoms with van der Waals surface area (Å²) in [4.78, 5) is 5.10. The summed E-state index contributed by atoms with van der Waals surface area (Å²) in [5, 5.41) is 0. The van der Waals surface area contributed by atoms with Crippen molar-refractivity contribution in [3.63, 3.8) is 0 Å². The summed E-state index contributed by atoms with van der Waals surface area (Å²) in [6.45, 7) is 5.90. The van der Waals surface area contributed by atoms with E-state index in [4.69, 9.17) is 5.73 Å². The Morgan fingerprint density at radius 3 is 2.43 bits per heavy atom. The fraction of sp³-hybridized carbons (Fsp3) is 1.00. The van der Waals surface area contributed by atoms with Crippen LogP contribution in [0.3, 0.4) is 0 Å². The molecule has 1 heterocycles. The largest absolute Gasteiger partial charge is 0.330 e. The first-order chi connectivity index (χ1) is 6.79. The van der Waals surface area contributed by atoms with Gasteiger partial charge in [-0.3, -0.25) is 4.90 Å². The normalized spacial score (nSPS) is 36.4. The van der Waals surface area contributed by atoms with Gasteiger partial charge in [0.2, 0.25) is 0 Å². The maximum Gasteiger partial charge on any atom is 0.0113 e. The van der Waals surface area contributed by atoms with Crippen LogP contribution >= 0.6 is 0 Å². The number of hydrogen-bond acceptors (Lipinski definition) is 3. The van der Waals surface area contributed by atoms with Gasteiger partial charge in [0.1, 0.15) is 0 Å². The molecule has 3 nitrogen and oxygen atoms in total. The number of hydrogen-bond donors (Lipinski definition) is 1. The van der Waals surface area contributed by atoms with Crippen molar-refractivity contribution in [1.29, 1.82) is 0 Å². The maximum atomic E-state index is 5.72. The highest BCUT2D eigenvalue weighted by molar-refractivity contribution is 4.85. The summed E-state index contributed by atoms with van der Waals surface area (Å²) < 4.78 is 0. The van der Waals surface area contributed by atoms with Crippen LogP contribution in [0, 0.1) is 5.92 Å². The zero-order chi connectivity index (χ0) is 9.97. The van der Waals surface area contributed by atoms with Crippen LogP contribution in [-0.4, -0.2) is 55.6 Å². The molecule has 3 heteroatoms. The first kappa shape index (κ1) is 10.4. The van der Waals surface area contributed by atoms with Crippen molar-refractivity contribution in [2.75, 3.05) is 39.8 Å². The summed E-state index contributed by atoms with van der Waals surface area (Å²) in [5.41, 5.74) is 5.72. The molecule has 0 spiro atoms. The minimum Gasteiger partial charge on any atom is -0.330 e. The predicted molar refractivity (Wildman–Crippen MR) is 59.3 cm³/mol. The van der Waals surface area contributed by atoms with E-state index >= 15 is 0 Å². The van der Waals surface area contributed by atoms with Gasteiger partial charge in [-0.05, 0) is 38.8 Å². The average molecular weight is 197 g/mol. The molecule has 82 valence electrons. The van der Waals surface area contributed by atoms with Gasteiger partial charge in [0.15, 0.2) is 0 Å². The molecule has 0 amide bonds. The van der Waals surface area contributed by atoms with Crippen molar-refractivity contribution < 1.29 is 0 Å². The van der Waals surface area contributed by atoms with Gasteiger partial charge in [0.05, 0.1) is 0 Å². The molecular weight excluding hydrogens is 174 g/mol. The molecule has 1 aliphatic heterocycles. The zero-order valence-corrected chi connectivity index (χ0v) is 9.28. The third-order valence-electron chi connectivity index (χ3n) is 3.90. The molecule has 1 saturated carbocycles. The van der Waals surface area contributed by atoms with Crippen molar-refractivity contribution in [2.45, 2.75) is 25.3 Å². The molecule has 2 rings (SSSR count). The molecule has 0 aromatic carbocycles. The lowest BCUT2D eigenvalue weighted by Crippen LogP contribution is -2.48. The van der Waals surface area contributed by atoms with Crippen LogP contribution in [-0.2, 0) is 0 Å². The first-order valence-electron chi connectivity index (χ1n) is 5.92. The SMILES string of the molecule is CN1CCN(C2CCC(CN)C2)CC1. The monoisotopic (exact) mass is 197 g/mol. The highest BCUT2D eigenvalue weighted by Gasteiger charge is 2.29. The summed E-state index contributed by atoms with van der Waals surface area (Å²) in [5.74, 6) is 0.805. The van der Waals surface area contributed by atoms with Gasteiger partial charge >= 0.3 is 0 Å². The van der Waals surface area contributed by atoms with E-state index in [0.717, 1.165) is 18.5 Å². The Morgan fingerprint density at radius 1 is 1.14 bits per heavy atom. The summed E-state index contributed by atoms with van der Waals surface area (Å²) >= 11 is 0. The zero-order valence-electron chi connectivity index (χ0n) is 9.28. The Kier molecular flexibility index (Phi) is 3.42. The lowest BCUT2D eigenvalue weighted by molar-refractivity contribution is 0.112. The number of likely N-dealkylation sites (N-methyl/N-ethyl adjacent to an activating group) is 1. The Balaban J connectivity index is 1.79. The lowest BCUT2D eigenvalue weighted by Gasteiger charge is -2.36. The van der Waals surface area contributed by atoms with Gasteiger partial charge in [0, 0.05) is 32.2 Å². The van der Waals surface area contributed by atoms with Crippen molar-refractivity contribution in [3.05, 3.63) is 0 Å². The van der Waals surface area contributed by atoms with Gasteiger partial charge in [-0.2, -0.15) is 0 Å². The van der Waals surface area contributed by atoms with Crippen molar-refractivity contribution in [1.82, 2.24) is 9.80 Å². The second kappa shape index (κ2) is 4.60. The molecule has 2 unspecified atom stereocenters. The molecule has 2 aliphatic rings. The minimum absolute atomic E-state index is 0.805. The van der Waals surface area contributed by atoms with E-state index in [0.29, 0.717) is 0 Å². The van der Waals surface area contributed by atoms with Crippen molar-refractivity contribution >= 4 is 0 Å². The van der Waals surface area contributed by atoms with Crippen molar-refractivity contribution in [2.24, 2.45) is 11.7 Å². The van der Waals surface area contributed by atoms with Crippen LogP contribution in [0.1, 0.15) is 19.3 Å². The smallest absolute Gasteiger partial charge is 0.0113 e. The van der Waals surface area contributed by atoms with Crippen LogP contribution in [0.4, 0.5) is 0 Å². The van der Waals surface area contributed by atoms with E-state index in [1.165, 1.54) is 45.4 Å². The van der Waals surface area contributed by atoms with E-state index < -0.39 is 0 Å². The maximum absolute atomic E-state index is 5.72. The van der Waals surface area contributed by atoms with Gasteiger partial charge in [0.25, 0.3) is 0 Å². The van der Waals surface area contributed by atoms with Crippen LogP contribution in [0.25, 0.3) is 0 Å². The van der Waals surface area contributed by atoms with E-state index in [9.17, 15) is 0 Å². The second-order valence-corrected chi connectivity index (χ2v) is 4.91. The molecule has 1 saturated heterocycles. The topological polar surface area (TPSA) is 32.5 Å². The first-order valence-corrected chi connectivity index (χ1v) is 5.92. The molecule has 0 bridgehead atoms. The molecule has 2 atom stereocenters. The van der Waals surface area contributed by atoms with Gasteiger partial charge < -0.3 is 10.6 Å². The van der Waals surface area contributed by atoms with E-state index in [1.54, 1.807) is 0 Å². The molecule has 0 radical (unpaired) electrons. The lowest BCUT2D eigenvalue weighted by atomic mass is 10.1. The third kappa shape index (κ3) is 2.27. The standard InChI is InChI=1S/C11H23N3/c1-13-4-6-14(7-5-13)11-3-2-10(8-11)9-12/h10-11H,2-9,12H2,1H3. The van der Waals surface area contributed by atoms with Gasteiger partial charge in [-0.1, -0.05) is 0 Å². The van der Waals surface area contributed by atoms with Gasteiger partial charge in [-0.25, -0.2) is 0 Å². The Hall–Kier alpha value is -0.120. The van der Waals surface area contributed by atoms with E-state index in [-0.39, 0.29) is 0 Å². The summed E-state index contributed by atoms with van der Waals surface area (Å²) in [7, 11) is 2.22. The number of nitrogens with two attached hydrogens (primary N) is 1. The quantitative estimate of drug-likeness (QED) is 0.694. The molecule has 2 fully saturated rings. The predicted octanol–water partition coefficient (Wildman–Crippen LogP) is 0.361. The fourth-order valence-electron chi connectivity index (χ4n) is 2.78. The van der Waals surface area contributed by atoms with E-state index in [2.05, 4.69) is 16.8 Å². The number of nitrogens with zero attached hydrogens (tertiary/aromatic N) is 2. The second-order valence-electron chi connectivity index (χ2n) is 4.91. The molecule has 2 N–H and O–H groups in total. The fourth-order valence-corrected chi connectivity index (χ4v) is 2.78. The minimum atomic E-state index is 0.805. The molecule has 0 aromatic rings. The molecular formula is C11H23N3. The Bertz CT molecular complexity index is 175. The third-order valence-corrected chi connectivity index (χ3v) is 3.90. The van der Waals surface area contributed by atoms with Crippen molar-refractivity contribution in [3.8, 4) is 0 Å². The van der Waals surface area contributed by atoms with Crippen LogP contribution in [0.5, 0.6) is 0 Å². The Labute approximate surface area is 87.2 Å². The molecule has 0 aromatic heterocycles. The molecule has 14 heavy (non-hydrogen) atoms. The summed E-state index contributed by atoms with van der Waals surface area (Å²) in [6, 6.07) is 0.845.